The highest BCUT2D eigenvalue weighted by Crippen LogP contribution is 2.43. The average molecular weight is 251 g/mol. The molecule has 0 amide bonds. The Morgan fingerprint density at radius 2 is 2.11 bits per heavy atom. The quantitative estimate of drug-likeness (QED) is 0.871. The second-order valence-electron chi connectivity index (χ2n) is 6.55. The molecule has 3 unspecified atom stereocenters. The van der Waals surface area contributed by atoms with E-state index in [0.717, 1.165) is 18.7 Å². The second-order valence-corrected chi connectivity index (χ2v) is 6.55. The van der Waals surface area contributed by atoms with Gasteiger partial charge < -0.3 is 15.0 Å². The van der Waals surface area contributed by atoms with Crippen LogP contribution in [0, 0.1) is 5.41 Å². The summed E-state index contributed by atoms with van der Waals surface area (Å²) in [6.45, 7) is 6.21. The summed E-state index contributed by atoms with van der Waals surface area (Å²) in [6.07, 6.45) is 4.00. The summed E-state index contributed by atoms with van der Waals surface area (Å²) in [7, 11) is 0. The predicted octanol–water partition coefficient (Wildman–Crippen LogP) is 2.15. The largest absolute Gasteiger partial charge is 0.374 e. The molecule has 100 valence electrons. The van der Waals surface area contributed by atoms with Crippen LogP contribution in [0.3, 0.4) is 0 Å². The molecule has 1 aromatic rings. The van der Waals surface area contributed by atoms with Crippen molar-refractivity contribution in [3.8, 4) is 0 Å². The summed E-state index contributed by atoms with van der Waals surface area (Å²) >= 11 is 0. The zero-order valence-electron chi connectivity index (χ0n) is 11.2. The highest BCUT2D eigenvalue weighted by Gasteiger charge is 2.44. The monoisotopic (exact) mass is 251 g/mol. The van der Waals surface area contributed by atoms with Crippen LogP contribution < -0.4 is 5.73 Å². The zero-order valence-corrected chi connectivity index (χ0v) is 11.2. The van der Waals surface area contributed by atoms with E-state index in [1.54, 1.807) is 0 Å². The highest BCUT2D eigenvalue weighted by molar-refractivity contribution is 5.08. The molecule has 2 aliphatic heterocycles. The maximum absolute atomic E-state index is 6.13. The summed E-state index contributed by atoms with van der Waals surface area (Å²) in [5.41, 5.74) is 6.06. The Hall–Kier alpha value is -0.940. The van der Waals surface area contributed by atoms with E-state index < -0.39 is 0 Å². The number of nitrogens with two attached hydrogens (primary N) is 1. The molecule has 1 aromatic heterocycles. The summed E-state index contributed by atoms with van der Waals surface area (Å²) in [4.78, 5) is 4.49. The van der Waals surface area contributed by atoms with Crippen molar-refractivity contribution in [1.29, 1.82) is 0 Å². The molecular weight excluding hydrogens is 230 g/mol. The first kappa shape index (κ1) is 12.1. The molecule has 18 heavy (non-hydrogen) atoms. The van der Waals surface area contributed by atoms with Gasteiger partial charge in [-0.1, -0.05) is 25.9 Å². The molecule has 3 rings (SSSR count). The lowest BCUT2D eigenvalue weighted by molar-refractivity contribution is 0.0996. The van der Waals surface area contributed by atoms with E-state index in [1.807, 2.05) is 0 Å². The van der Waals surface area contributed by atoms with Gasteiger partial charge in [-0.25, -0.2) is 0 Å². The molecule has 0 spiro atoms. The van der Waals surface area contributed by atoms with E-state index in [-0.39, 0.29) is 17.6 Å². The molecule has 3 heterocycles. The van der Waals surface area contributed by atoms with Crippen molar-refractivity contribution in [3.63, 3.8) is 0 Å². The number of hydrogen-bond acceptors (Lipinski definition) is 5. The van der Waals surface area contributed by atoms with E-state index in [2.05, 4.69) is 30.9 Å². The fourth-order valence-corrected chi connectivity index (χ4v) is 2.80. The van der Waals surface area contributed by atoms with Crippen LogP contribution in [-0.2, 0) is 4.74 Å². The van der Waals surface area contributed by atoms with Gasteiger partial charge in [0.2, 0.25) is 5.89 Å². The van der Waals surface area contributed by atoms with Crippen LogP contribution in [0.25, 0.3) is 0 Å². The number of nitrogens with zero attached hydrogens (tertiary/aromatic N) is 2. The number of hydrogen-bond donors (Lipinski definition) is 1. The molecule has 2 aliphatic rings. The van der Waals surface area contributed by atoms with Gasteiger partial charge in [-0.05, 0) is 24.7 Å². The third kappa shape index (κ3) is 1.95. The van der Waals surface area contributed by atoms with Crippen LogP contribution in [-0.4, -0.2) is 22.3 Å². The second kappa shape index (κ2) is 4.03. The molecule has 0 saturated carbocycles. The Labute approximate surface area is 107 Å². The minimum atomic E-state index is -0.224. The Balaban J connectivity index is 1.78. The Morgan fingerprint density at radius 1 is 1.33 bits per heavy atom. The lowest BCUT2D eigenvalue weighted by atomic mass is 9.87. The number of fused-ring (bicyclic) bond motifs is 2. The Bertz CT molecular complexity index is 438. The van der Waals surface area contributed by atoms with Crippen molar-refractivity contribution in [2.45, 2.75) is 64.2 Å². The Morgan fingerprint density at radius 3 is 2.67 bits per heavy atom. The van der Waals surface area contributed by atoms with Gasteiger partial charge in [0.1, 0.15) is 0 Å². The van der Waals surface area contributed by atoms with Gasteiger partial charge >= 0.3 is 0 Å². The fourth-order valence-electron chi connectivity index (χ4n) is 2.80. The van der Waals surface area contributed by atoms with Crippen molar-refractivity contribution < 1.29 is 9.26 Å². The third-order valence-electron chi connectivity index (χ3n) is 4.09. The summed E-state index contributed by atoms with van der Waals surface area (Å²) < 4.78 is 11.2. The molecule has 4 atom stereocenters. The lowest BCUT2D eigenvalue weighted by Crippen LogP contribution is -2.26. The van der Waals surface area contributed by atoms with Gasteiger partial charge in [-0.2, -0.15) is 4.98 Å². The summed E-state index contributed by atoms with van der Waals surface area (Å²) in [5, 5.41) is 4.11. The van der Waals surface area contributed by atoms with E-state index in [0.29, 0.717) is 17.9 Å². The first-order chi connectivity index (χ1) is 8.45. The van der Waals surface area contributed by atoms with Crippen molar-refractivity contribution in [3.05, 3.63) is 11.7 Å². The van der Waals surface area contributed by atoms with Crippen molar-refractivity contribution in [2.24, 2.45) is 11.1 Å². The maximum Gasteiger partial charge on any atom is 0.244 e. The van der Waals surface area contributed by atoms with Crippen molar-refractivity contribution in [1.82, 2.24) is 10.1 Å². The zero-order chi connectivity index (χ0) is 12.9. The molecule has 2 N–H and O–H groups in total. The van der Waals surface area contributed by atoms with E-state index in [9.17, 15) is 0 Å². The number of aromatic nitrogens is 2. The van der Waals surface area contributed by atoms with Crippen LogP contribution in [0.5, 0.6) is 0 Å². The van der Waals surface area contributed by atoms with Crippen molar-refractivity contribution in [2.75, 3.05) is 0 Å². The number of ether oxygens (including phenoxy) is 1. The molecule has 0 aromatic carbocycles. The molecular formula is C13H21N3O2. The topological polar surface area (TPSA) is 74.2 Å². The summed E-state index contributed by atoms with van der Waals surface area (Å²) in [5.74, 6) is 1.62. The van der Waals surface area contributed by atoms with Gasteiger partial charge in [0.05, 0.1) is 24.2 Å². The Kier molecular flexibility index (Phi) is 2.71. The SMILES string of the molecule is CC(C)(C)[C@@H](N)c1nc(C2CC3CCC2O3)no1. The van der Waals surface area contributed by atoms with Crippen LogP contribution >= 0.6 is 0 Å². The van der Waals surface area contributed by atoms with Gasteiger partial charge in [0.15, 0.2) is 5.82 Å². The number of rotatable bonds is 2. The molecule has 5 heteroatoms. The van der Waals surface area contributed by atoms with Crippen LogP contribution in [0.15, 0.2) is 4.52 Å². The van der Waals surface area contributed by atoms with Crippen LogP contribution in [0.4, 0.5) is 0 Å². The molecule has 2 bridgehead atoms. The van der Waals surface area contributed by atoms with Crippen LogP contribution in [0.1, 0.15) is 63.7 Å². The van der Waals surface area contributed by atoms with Gasteiger partial charge in [0.25, 0.3) is 0 Å². The standard InChI is InChI=1S/C13H21N3O2/c1-13(2,3)10(14)12-15-11(16-18-12)8-6-7-4-5-9(8)17-7/h7-10H,4-6,14H2,1-3H3/t7?,8?,9?,10-/m0/s1. The predicted molar refractivity (Wildman–Crippen MR) is 65.9 cm³/mol. The molecule has 0 aliphatic carbocycles. The van der Waals surface area contributed by atoms with Crippen LogP contribution in [0.2, 0.25) is 0 Å². The lowest BCUT2D eigenvalue weighted by Gasteiger charge is -2.23. The van der Waals surface area contributed by atoms with E-state index in [1.165, 1.54) is 6.42 Å². The highest BCUT2D eigenvalue weighted by atomic mass is 16.5. The van der Waals surface area contributed by atoms with Gasteiger partial charge in [0, 0.05) is 0 Å². The van der Waals surface area contributed by atoms with Gasteiger partial charge in [-0.15, -0.1) is 0 Å². The minimum absolute atomic E-state index is 0.0744. The molecule has 2 fully saturated rings. The third-order valence-corrected chi connectivity index (χ3v) is 4.09. The maximum atomic E-state index is 6.13. The first-order valence-corrected chi connectivity index (χ1v) is 6.69. The smallest absolute Gasteiger partial charge is 0.244 e. The average Bonchev–Trinajstić information content (AvgIpc) is 3.02. The normalized spacial score (nSPS) is 33.0. The van der Waals surface area contributed by atoms with Gasteiger partial charge in [-0.3, -0.25) is 0 Å². The first-order valence-electron chi connectivity index (χ1n) is 6.69. The fraction of sp³-hybridized carbons (Fsp3) is 0.846. The van der Waals surface area contributed by atoms with E-state index >= 15 is 0 Å². The molecule has 5 nitrogen and oxygen atoms in total. The van der Waals surface area contributed by atoms with Crippen molar-refractivity contribution >= 4 is 0 Å². The molecule has 2 saturated heterocycles. The minimum Gasteiger partial charge on any atom is -0.374 e. The summed E-state index contributed by atoms with van der Waals surface area (Å²) in [6, 6.07) is -0.224. The molecule has 0 radical (unpaired) electrons. The van der Waals surface area contributed by atoms with E-state index in [4.69, 9.17) is 15.0 Å².